The molecule has 0 spiro atoms. The molecule has 20 heavy (non-hydrogen) atoms. The van der Waals surface area contributed by atoms with Crippen LogP contribution in [0, 0.1) is 13.8 Å². The van der Waals surface area contributed by atoms with E-state index in [1.54, 1.807) is 0 Å². The number of nitrogens with one attached hydrogen (secondary N) is 1. The van der Waals surface area contributed by atoms with E-state index in [4.69, 9.17) is 0 Å². The summed E-state index contributed by atoms with van der Waals surface area (Å²) in [5, 5.41) is 0. The van der Waals surface area contributed by atoms with E-state index in [-0.39, 0.29) is 5.75 Å². The van der Waals surface area contributed by atoms with Crippen molar-refractivity contribution in [2.24, 2.45) is 0 Å². The lowest BCUT2D eigenvalue weighted by atomic mass is 10.1. The second-order valence-corrected chi connectivity index (χ2v) is 6.87. The molecule has 2 aromatic carbocycles. The molecule has 0 aliphatic carbocycles. The molecule has 0 amide bonds. The summed E-state index contributed by atoms with van der Waals surface area (Å²) in [6.45, 7) is 4.27. The Labute approximate surface area is 120 Å². The van der Waals surface area contributed by atoms with E-state index in [0.29, 0.717) is 6.54 Å². The molecule has 0 atom stereocenters. The predicted molar refractivity (Wildman–Crippen MR) is 81.8 cm³/mol. The van der Waals surface area contributed by atoms with Crippen LogP contribution in [0.3, 0.4) is 0 Å². The van der Waals surface area contributed by atoms with E-state index in [9.17, 15) is 8.42 Å². The van der Waals surface area contributed by atoms with Crippen LogP contribution in [0.1, 0.15) is 22.3 Å². The first-order valence-corrected chi connectivity index (χ1v) is 8.18. The van der Waals surface area contributed by atoms with Gasteiger partial charge in [0.2, 0.25) is 10.0 Å². The molecule has 1 N–H and O–H groups in total. The molecule has 106 valence electrons. The molecule has 0 aromatic heterocycles. The fraction of sp³-hybridized carbons (Fsp3) is 0.250. The molecule has 4 heteroatoms. The van der Waals surface area contributed by atoms with Crippen LogP contribution in [0.4, 0.5) is 0 Å². The van der Waals surface area contributed by atoms with Gasteiger partial charge in [0.1, 0.15) is 0 Å². The maximum atomic E-state index is 12.1. The zero-order chi connectivity index (χ0) is 14.6. The summed E-state index contributed by atoms with van der Waals surface area (Å²) in [6, 6.07) is 15.4. The molecule has 0 radical (unpaired) electrons. The first-order valence-electron chi connectivity index (χ1n) is 6.53. The van der Waals surface area contributed by atoms with Gasteiger partial charge in [0, 0.05) is 6.54 Å². The van der Waals surface area contributed by atoms with Crippen molar-refractivity contribution in [3.63, 3.8) is 0 Å². The Kier molecular flexibility index (Phi) is 4.57. The van der Waals surface area contributed by atoms with E-state index in [1.165, 1.54) is 0 Å². The van der Waals surface area contributed by atoms with Crippen LogP contribution in [0.15, 0.2) is 48.5 Å². The lowest BCUT2D eigenvalue weighted by molar-refractivity contribution is 0.580. The van der Waals surface area contributed by atoms with E-state index in [0.717, 1.165) is 22.3 Å². The Balaban J connectivity index is 2.01. The van der Waals surface area contributed by atoms with Crippen LogP contribution < -0.4 is 4.72 Å². The quantitative estimate of drug-likeness (QED) is 0.920. The Bertz CT molecular complexity index is 693. The summed E-state index contributed by atoms with van der Waals surface area (Å²) < 4.78 is 26.8. The number of benzene rings is 2. The smallest absolute Gasteiger partial charge is 0.212 e. The normalized spacial score (nSPS) is 11.5. The van der Waals surface area contributed by atoms with Crippen LogP contribution in [-0.4, -0.2) is 8.42 Å². The van der Waals surface area contributed by atoms with Crippen molar-refractivity contribution >= 4 is 10.0 Å². The maximum Gasteiger partial charge on any atom is 0.216 e. The molecule has 2 rings (SSSR count). The largest absolute Gasteiger partial charge is 0.216 e. The molecule has 2 aromatic rings. The van der Waals surface area contributed by atoms with Gasteiger partial charge < -0.3 is 0 Å². The Morgan fingerprint density at radius 1 is 0.900 bits per heavy atom. The zero-order valence-corrected chi connectivity index (χ0v) is 12.6. The lowest BCUT2D eigenvalue weighted by Crippen LogP contribution is -2.24. The second kappa shape index (κ2) is 6.20. The van der Waals surface area contributed by atoms with Gasteiger partial charge in [-0.3, -0.25) is 0 Å². The fourth-order valence-corrected chi connectivity index (χ4v) is 3.19. The summed E-state index contributed by atoms with van der Waals surface area (Å²) in [5.74, 6) is 0.0144. The van der Waals surface area contributed by atoms with E-state index in [2.05, 4.69) is 4.72 Å². The highest BCUT2D eigenvalue weighted by atomic mass is 32.2. The highest BCUT2D eigenvalue weighted by Crippen LogP contribution is 2.09. The first-order chi connectivity index (χ1) is 9.44. The molecule has 3 nitrogen and oxygen atoms in total. The fourth-order valence-electron chi connectivity index (χ4n) is 2.09. The van der Waals surface area contributed by atoms with Gasteiger partial charge in [0.25, 0.3) is 0 Å². The van der Waals surface area contributed by atoms with Gasteiger partial charge in [-0.2, -0.15) is 0 Å². The number of hydrogen-bond donors (Lipinski definition) is 1. The molecule has 0 aliphatic rings. The number of sulfonamides is 1. The molecule has 0 bridgehead atoms. The average molecular weight is 289 g/mol. The standard InChI is InChI=1S/C16H19NO2S/c1-13-5-3-7-15(9-13)11-17-20(18,19)12-16-8-4-6-14(2)10-16/h3-10,17H,11-12H2,1-2H3. The minimum atomic E-state index is -3.31. The topological polar surface area (TPSA) is 46.2 Å². The van der Waals surface area contributed by atoms with Crippen LogP contribution in [-0.2, 0) is 22.3 Å². The van der Waals surface area contributed by atoms with Crippen molar-refractivity contribution in [3.8, 4) is 0 Å². The minimum Gasteiger partial charge on any atom is -0.212 e. The summed E-state index contributed by atoms with van der Waals surface area (Å²) >= 11 is 0. The van der Waals surface area contributed by atoms with Gasteiger partial charge in [-0.05, 0) is 25.0 Å². The third-order valence-corrected chi connectivity index (χ3v) is 4.32. The highest BCUT2D eigenvalue weighted by Gasteiger charge is 2.11. The maximum absolute atomic E-state index is 12.1. The molecule has 0 fully saturated rings. The summed E-state index contributed by atoms with van der Waals surface area (Å²) in [6.07, 6.45) is 0. The second-order valence-electron chi connectivity index (χ2n) is 5.06. The Morgan fingerprint density at radius 3 is 2.05 bits per heavy atom. The third kappa shape index (κ3) is 4.47. The van der Waals surface area contributed by atoms with Crippen LogP contribution in [0.25, 0.3) is 0 Å². The molecule has 0 saturated carbocycles. The van der Waals surface area contributed by atoms with E-state index >= 15 is 0 Å². The van der Waals surface area contributed by atoms with E-state index in [1.807, 2.05) is 62.4 Å². The van der Waals surface area contributed by atoms with Crippen molar-refractivity contribution in [3.05, 3.63) is 70.8 Å². The van der Waals surface area contributed by atoms with E-state index < -0.39 is 10.0 Å². The summed E-state index contributed by atoms with van der Waals surface area (Å²) in [5.41, 5.74) is 3.97. The zero-order valence-electron chi connectivity index (χ0n) is 11.8. The third-order valence-electron chi connectivity index (χ3n) is 3.02. The SMILES string of the molecule is Cc1cccc(CNS(=O)(=O)Cc2cccc(C)c2)c1. The molecular formula is C16H19NO2S. The number of rotatable bonds is 5. The average Bonchev–Trinajstić information content (AvgIpc) is 2.36. The van der Waals surface area contributed by atoms with Crippen LogP contribution in [0.2, 0.25) is 0 Å². The molecule has 0 aliphatic heterocycles. The minimum absolute atomic E-state index is 0.0144. The van der Waals surface area contributed by atoms with Gasteiger partial charge in [-0.15, -0.1) is 0 Å². The monoisotopic (exact) mass is 289 g/mol. The Morgan fingerprint density at radius 2 is 1.45 bits per heavy atom. The van der Waals surface area contributed by atoms with Crippen molar-refractivity contribution in [2.75, 3.05) is 0 Å². The van der Waals surface area contributed by atoms with Gasteiger partial charge in [0.05, 0.1) is 5.75 Å². The number of hydrogen-bond acceptors (Lipinski definition) is 2. The van der Waals surface area contributed by atoms with Gasteiger partial charge in [-0.25, -0.2) is 13.1 Å². The Hall–Kier alpha value is -1.65. The van der Waals surface area contributed by atoms with Gasteiger partial charge >= 0.3 is 0 Å². The summed E-state index contributed by atoms with van der Waals surface area (Å²) in [7, 11) is -3.31. The first kappa shape index (κ1) is 14.8. The van der Waals surface area contributed by atoms with Crippen molar-refractivity contribution in [2.45, 2.75) is 26.1 Å². The van der Waals surface area contributed by atoms with Crippen molar-refractivity contribution in [1.29, 1.82) is 0 Å². The molecule has 0 unspecified atom stereocenters. The van der Waals surface area contributed by atoms with Crippen LogP contribution in [0.5, 0.6) is 0 Å². The van der Waals surface area contributed by atoms with Crippen molar-refractivity contribution < 1.29 is 8.42 Å². The summed E-state index contributed by atoms with van der Waals surface area (Å²) in [4.78, 5) is 0. The lowest BCUT2D eigenvalue weighted by Gasteiger charge is -2.08. The number of aryl methyl sites for hydroxylation is 2. The molecular weight excluding hydrogens is 270 g/mol. The predicted octanol–water partition coefficient (Wildman–Crippen LogP) is 2.92. The van der Waals surface area contributed by atoms with Gasteiger partial charge in [0.15, 0.2) is 0 Å². The van der Waals surface area contributed by atoms with Crippen molar-refractivity contribution in [1.82, 2.24) is 4.72 Å². The van der Waals surface area contributed by atoms with Gasteiger partial charge in [-0.1, -0.05) is 59.7 Å². The van der Waals surface area contributed by atoms with Crippen LogP contribution >= 0.6 is 0 Å². The molecule has 0 heterocycles. The highest BCUT2D eigenvalue weighted by molar-refractivity contribution is 7.88. The molecule has 0 saturated heterocycles.